The minimum atomic E-state index is -0.337. The molecule has 1 aromatic rings. The number of nitrogens with one attached hydrogen (secondary N) is 1. The molecule has 6 heteroatoms. The average Bonchev–Trinajstić information content (AvgIpc) is 2.73. The Bertz CT molecular complexity index is 941. The van der Waals surface area contributed by atoms with Crippen LogP contribution in [0.15, 0.2) is 58.1 Å². The van der Waals surface area contributed by atoms with Crippen molar-refractivity contribution < 1.29 is 9.13 Å². The second-order valence-electron chi connectivity index (χ2n) is 8.33. The van der Waals surface area contributed by atoms with E-state index in [1.54, 1.807) is 5.01 Å². The van der Waals surface area contributed by atoms with Gasteiger partial charge in [0.05, 0.1) is 18.0 Å². The summed E-state index contributed by atoms with van der Waals surface area (Å²) in [6.07, 6.45) is 5.79. The van der Waals surface area contributed by atoms with Crippen LogP contribution in [-0.4, -0.2) is 36.1 Å². The highest BCUT2D eigenvalue weighted by Gasteiger charge is 2.21. The minimum absolute atomic E-state index is 0.337. The average molecular weight is 425 g/mol. The number of hydrazone groups is 1. The Labute approximate surface area is 185 Å². The van der Waals surface area contributed by atoms with Gasteiger partial charge in [0.25, 0.3) is 0 Å². The van der Waals surface area contributed by atoms with E-state index in [0.29, 0.717) is 40.9 Å². The van der Waals surface area contributed by atoms with Gasteiger partial charge < -0.3 is 10.1 Å². The first-order valence-electron chi connectivity index (χ1n) is 10.9. The predicted molar refractivity (Wildman–Crippen MR) is 126 cm³/mol. The number of piperidine rings is 1. The van der Waals surface area contributed by atoms with Crippen molar-refractivity contribution in [3.8, 4) is 0 Å². The number of nitrogens with zero attached hydrogens (tertiary/aromatic N) is 3. The second-order valence-corrected chi connectivity index (χ2v) is 8.33. The van der Waals surface area contributed by atoms with Crippen LogP contribution >= 0.6 is 0 Å². The number of hydrogen-bond donors (Lipinski definition) is 1. The molecule has 0 saturated carbocycles. The zero-order valence-electron chi connectivity index (χ0n) is 19.3. The third-order valence-corrected chi connectivity index (χ3v) is 5.49. The Morgan fingerprint density at radius 3 is 2.65 bits per heavy atom. The van der Waals surface area contributed by atoms with Crippen LogP contribution in [0.4, 0.5) is 10.1 Å². The maximum Gasteiger partial charge on any atom is 0.149 e. The lowest BCUT2D eigenvalue weighted by Gasteiger charge is -2.25. The van der Waals surface area contributed by atoms with Crippen LogP contribution < -0.4 is 5.32 Å². The molecule has 31 heavy (non-hydrogen) atoms. The van der Waals surface area contributed by atoms with Crippen molar-refractivity contribution in [3.63, 3.8) is 0 Å². The Hall–Kier alpha value is -2.73. The zero-order chi connectivity index (χ0) is 22.5. The number of aryl methyl sites for hydroxylation is 1. The molecule has 0 bridgehead atoms. The van der Waals surface area contributed by atoms with Crippen molar-refractivity contribution in [2.75, 3.05) is 19.7 Å². The van der Waals surface area contributed by atoms with Crippen LogP contribution in [0.5, 0.6) is 0 Å². The quantitative estimate of drug-likeness (QED) is 0.605. The van der Waals surface area contributed by atoms with Crippen LogP contribution in [0.25, 0.3) is 0 Å². The number of allylic oxidation sites excluding steroid dienone is 2. The summed E-state index contributed by atoms with van der Waals surface area (Å²) in [7, 11) is 0. The van der Waals surface area contributed by atoms with Gasteiger partial charge in [-0.2, -0.15) is 5.10 Å². The van der Waals surface area contributed by atoms with Crippen molar-refractivity contribution in [1.82, 2.24) is 10.3 Å². The van der Waals surface area contributed by atoms with E-state index in [9.17, 15) is 0 Å². The third kappa shape index (κ3) is 5.50. The van der Waals surface area contributed by atoms with Gasteiger partial charge in [-0.1, -0.05) is 12.2 Å². The van der Waals surface area contributed by atoms with E-state index < -0.39 is 0 Å². The lowest BCUT2D eigenvalue weighted by atomic mass is 9.93. The summed E-state index contributed by atoms with van der Waals surface area (Å²) in [4.78, 5) is 4.68. The maximum atomic E-state index is 15.2. The van der Waals surface area contributed by atoms with Gasteiger partial charge in [-0.25, -0.2) is 9.40 Å². The largest absolute Gasteiger partial charge is 0.492 e. The standard InChI is InChI=1S/C25H33FN4O/c1-7-31-24-14-23(29-30(19(24)6)15-16(2)3)21-12-17(4)25(22(26)13-21)28-18(5)20-8-10-27-11-9-20/h12-15,20,27H,6-11H2,1-5H3. The minimum Gasteiger partial charge on any atom is -0.492 e. The smallest absolute Gasteiger partial charge is 0.149 e. The molecule has 0 unspecified atom stereocenters. The normalized spacial score (nSPS) is 17.9. The Morgan fingerprint density at radius 1 is 1.32 bits per heavy atom. The molecule has 2 heterocycles. The number of halogens is 1. The monoisotopic (exact) mass is 424 g/mol. The molecule has 0 amide bonds. The molecule has 166 valence electrons. The summed E-state index contributed by atoms with van der Waals surface area (Å²) in [6, 6.07) is 3.44. The molecule has 0 aromatic heterocycles. The molecule has 5 nitrogen and oxygen atoms in total. The van der Waals surface area contributed by atoms with Crippen molar-refractivity contribution in [2.24, 2.45) is 16.0 Å². The molecule has 1 N–H and O–H groups in total. The molecule has 1 fully saturated rings. The first-order valence-corrected chi connectivity index (χ1v) is 10.9. The van der Waals surface area contributed by atoms with Crippen molar-refractivity contribution in [1.29, 1.82) is 0 Å². The van der Waals surface area contributed by atoms with Gasteiger partial charge in [0.15, 0.2) is 0 Å². The van der Waals surface area contributed by atoms with Gasteiger partial charge in [-0.3, -0.25) is 4.99 Å². The van der Waals surface area contributed by atoms with Crippen LogP contribution in [-0.2, 0) is 4.74 Å². The number of benzene rings is 1. The van der Waals surface area contributed by atoms with E-state index in [0.717, 1.165) is 42.8 Å². The van der Waals surface area contributed by atoms with E-state index in [4.69, 9.17) is 4.74 Å². The summed E-state index contributed by atoms with van der Waals surface area (Å²) in [5.41, 5.74) is 5.23. The molecule has 3 rings (SSSR count). The van der Waals surface area contributed by atoms with Crippen LogP contribution in [0, 0.1) is 18.7 Å². The Balaban J connectivity index is 1.97. The lowest BCUT2D eigenvalue weighted by molar-refractivity contribution is 0.221. The number of ether oxygens (including phenoxy) is 1. The number of rotatable bonds is 6. The van der Waals surface area contributed by atoms with E-state index in [-0.39, 0.29) is 5.82 Å². The van der Waals surface area contributed by atoms with Gasteiger partial charge in [0.2, 0.25) is 0 Å². The topological polar surface area (TPSA) is 49.2 Å². The molecule has 1 aromatic carbocycles. The summed E-state index contributed by atoms with van der Waals surface area (Å²) in [6.45, 7) is 16.4. The maximum absolute atomic E-state index is 15.2. The molecule has 0 aliphatic carbocycles. The first-order chi connectivity index (χ1) is 14.8. The van der Waals surface area contributed by atoms with Crippen LogP contribution in [0.1, 0.15) is 51.7 Å². The molecule has 1 saturated heterocycles. The first kappa shape index (κ1) is 22.9. The van der Waals surface area contributed by atoms with E-state index in [2.05, 4.69) is 22.0 Å². The summed E-state index contributed by atoms with van der Waals surface area (Å²) in [5, 5.41) is 9.71. The fourth-order valence-corrected chi connectivity index (χ4v) is 3.83. The second kappa shape index (κ2) is 10.1. The fraction of sp³-hybridized carbons (Fsp3) is 0.440. The summed E-state index contributed by atoms with van der Waals surface area (Å²) >= 11 is 0. The highest BCUT2D eigenvalue weighted by molar-refractivity contribution is 6.10. The molecular weight excluding hydrogens is 391 g/mol. The fourth-order valence-electron chi connectivity index (χ4n) is 3.83. The zero-order valence-corrected chi connectivity index (χ0v) is 19.3. The van der Waals surface area contributed by atoms with Gasteiger partial charge >= 0.3 is 0 Å². The van der Waals surface area contributed by atoms with Crippen molar-refractivity contribution in [3.05, 3.63) is 65.0 Å². The van der Waals surface area contributed by atoms with Crippen molar-refractivity contribution in [2.45, 2.75) is 47.5 Å². The molecule has 2 aliphatic rings. The van der Waals surface area contributed by atoms with E-state index >= 15 is 4.39 Å². The van der Waals surface area contributed by atoms with Gasteiger partial charge in [-0.15, -0.1) is 0 Å². The molecule has 0 atom stereocenters. The van der Waals surface area contributed by atoms with Gasteiger partial charge in [0, 0.05) is 23.6 Å². The molecule has 2 aliphatic heterocycles. The third-order valence-electron chi connectivity index (χ3n) is 5.49. The van der Waals surface area contributed by atoms with Crippen LogP contribution in [0.3, 0.4) is 0 Å². The highest BCUT2D eigenvalue weighted by Crippen LogP contribution is 2.29. The van der Waals surface area contributed by atoms with E-state index in [1.165, 1.54) is 6.07 Å². The summed E-state index contributed by atoms with van der Waals surface area (Å²) < 4.78 is 20.9. The highest BCUT2D eigenvalue weighted by atomic mass is 19.1. The number of hydrogen-bond acceptors (Lipinski definition) is 5. The Kier molecular flexibility index (Phi) is 7.44. The Morgan fingerprint density at radius 2 is 2.03 bits per heavy atom. The van der Waals surface area contributed by atoms with Crippen molar-refractivity contribution >= 4 is 17.1 Å². The predicted octanol–water partition coefficient (Wildman–Crippen LogP) is 5.60. The lowest BCUT2D eigenvalue weighted by Crippen LogP contribution is -2.30. The summed E-state index contributed by atoms with van der Waals surface area (Å²) in [5.74, 6) is 0.699. The van der Waals surface area contributed by atoms with E-state index in [1.807, 2.05) is 53.0 Å². The van der Waals surface area contributed by atoms with Crippen LogP contribution in [0.2, 0.25) is 0 Å². The molecule has 0 radical (unpaired) electrons. The SMILES string of the molecule is C=C1C(OCC)=CC(c2cc(C)c(N=C(C)C3CCNCC3)c(F)c2)=NN1C=C(C)C. The van der Waals surface area contributed by atoms with Gasteiger partial charge in [0.1, 0.15) is 17.3 Å². The molecule has 0 spiro atoms. The molecular formula is C25H33FN4O. The van der Waals surface area contributed by atoms with Gasteiger partial charge in [-0.05, 0) is 84.2 Å². The number of aliphatic imine (C=N–C) groups is 1.